The van der Waals surface area contributed by atoms with Crippen molar-refractivity contribution in [2.75, 3.05) is 4.90 Å². The zero-order valence-corrected chi connectivity index (χ0v) is 14.1. The molecule has 0 N–H and O–H groups in total. The molecule has 0 aliphatic carbocycles. The summed E-state index contributed by atoms with van der Waals surface area (Å²) in [4.78, 5) is 26.8. The predicted molar refractivity (Wildman–Crippen MR) is 90.1 cm³/mol. The molecule has 128 valence electrons. The minimum absolute atomic E-state index is 0.106. The van der Waals surface area contributed by atoms with Crippen molar-refractivity contribution < 1.29 is 14.3 Å². The van der Waals surface area contributed by atoms with Gasteiger partial charge in [-0.25, -0.2) is 4.90 Å². The summed E-state index contributed by atoms with van der Waals surface area (Å²) in [5.41, 5.74) is 1.00. The molecule has 1 aromatic carbocycles. The van der Waals surface area contributed by atoms with Crippen molar-refractivity contribution in [3.05, 3.63) is 47.1 Å². The van der Waals surface area contributed by atoms with Crippen LogP contribution >= 0.6 is 11.6 Å². The van der Waals surface area contributed by atoms with Crippen LogP contribution in [0, 0.1) is 11.8 Å². The lowest BCUT2D eigenvalue weighted by Gasteiger charge is -2.15. The smallest absolute Gasteiger partial charge is 0.241 e. The Kier molecular flexibility index (Phi) is 3.27. The molecule has 3 saturated heterocycles. The molecule has 2 bridgehead atoms. The fourth-order valence-electron chi connectivity index (χ4n) is 4.32. The lowest BCUT2D eigenvalue weighted by Crippen LogP contribution is -2.34. The van der Waals surface area contributed by atoms with E-state index in [4.69, 9.17) is 16.3 Å². The van der Waals surface area contributed by atoms with Gasteiger partial charge in [0.05, 0.1) is 30.6 Å². The molecule has 0 radical (unpaired) electrons. The second-order valence-corrected chi connectivity index (χ2v) is 7.29. The maximum atomic E-state index is 12.8. The molecule has 1 aromatic heterocycles. The molecule has 3 fully saturated rings. The summed E-state index contributed by atoms with van der Waals surface area (Å²) in [5.74, 6) is -0.607. The fraction of sp³-hybridized carbons (Fsp3) is 0.389. The van der Waals surface area contributed by atoms with Crippen LogP contribution < -0.4 is 4.90 Å². The molecule has 3 aliphatic heterocycles. The Labute approximate surface area is 149 Å². The first-order valence-corrected chi connectivity index (χ1v) is 8.81. The Morgan fingerprint density at radius 2 is 1.84 bits per heavy atom. The van der Waals surface area contributed by atoms with E-state index in [9.17, 15) is 9.59 Å². The van der Waals surface area contributed by atoms with Crippen LogP contribution in [0.1, 0.15) is 18.4 Å². The van der Waals surface area contributed by atoms with Gasteiger partial charge in [0.15, 0.2) is 5.82 Å². The summed E-state index contributed by atoms with van der Waals surface area (Å²) in [5, 5.41) is 5.10. The van der Waals surface area contributed by atoms with Gasteiger partial charge in [0.25, 0.3) is 0 Å². The summed E-state index contributed by atoms with van der Waals surface area (Å²) in [6, 6.07) is 9.24. The standard InChI is InChI=1S/C18H16ClN3O3/c19-11-3-1-2-10(8-11)9-21-7-6-14(20-21)22-17(23)15-12-4-5-13(25-12)16(15)18(22)24/h1-3,6-8,12-13,15-16H,4-5,9H2/t12-,13-,15-,16+/m0/s1. The second-order valence-electron chi connectivity index (χ2n) is 6.86. The van der Waals surface area contributed by atoms with Crippen LogP contribution in [0.5, 0.6) is 0 Å². The van der Waals surface area contributed by atoms with E-state index in [1.54, 1.807) is 16.9 Å². The van der Waals surface area contributed by atoms with Crippen molar-refractivity contribution in [3.8, 4) is 0 Å². The number of imide groups is 1. The number of benzene rings is 1. The minimum Gasteiger partial charge on any atom is -0.373 e. The Morgan fingerprint density at radius 3 is 2.52 bits per heavy atom. The van der Waals surface area contributed by atoms with E-state index in [1.165, 1.54) is 4.90 Å². The molecule has 4 atom stereocenters. The molecule has 0 spiro atoms. The van der Waals surface area contributed by atoms with Crippen LogP contribution in [0.25, 0.3) is 0 Å². The maximum absolute atomic E-state index is 12.8. The normalized spacial score (nSPS) is 30.4. The van der Waals surface area contributed by atoms with Crippen molar-refractivity contribution >= 4 is 29.2 Å². The van der Waals surface area contributed by atoms with Crippen LogP contribution in [0.2, 0.25) is 5.02 Å². The van der Waals surface area contributed by atoms with E-state index in [-0.39, 0.29) is 35.9 Å². The van der Waals surface area contributed by atoms with Crippen molar-refractivity contribution in [1.29, 1.82) is 0 Å². The molecule has 2 amide bonds. The zero-order chi connectivity index (χ0) is 17.1. The first-order chi connectivity index (χ1) is 12.1. The number of aromatic nitrogens is 2. The maximum Gasteiger partial charge on any atom is 0.241 e. The number of nitrogens with zero attached hydrogens (tertiary/aromatic N) is 3. The third-order valence-electron chi connectivity index (χ3n) is 5.37. The lowest BCUT2D eigenvalue weighted by molar-refractivity contribution is -0.124. The monoisotopic (exact) mass is 357 g/mol. The average molecular weight is 358 g/mol. The number of ether oxygens (including phenoxy) is 1. The van der Waals surface area contributed by atoms with Crippen LogP contribution in [0.15, 0.2) is 36.5 Å². The predicted octanol–water partition coefficient (Wildman–Crippen LogP) is 2.25. The van der Waals surface area contributed by atoms with E-state index in [0.29, 0.717) is 17.4 Å². The van der Waals surface area contributed by atoms with Gasteiger partial charge in [-0.2, -0.15) is 5.10 Å². The number of carbonyl (C=O) groups excluding carboxylic acids is 2. The molecule has 5 rings (SSSR count). The van der Waals surface area contributed by atoms with E-state index < -0.39 is 0 Å². The van der Waals surface area contributed by atoms with Gasteiger partial charge in [0.1, 0.15) is 0 Å². The topological polar surface area (TPSA) is 64.4 Å². The number of anilines is 1. The Balaban J connectivity index is 1.40. The molecular weight excluding hydrogens is 342 g/mol. The van der Waals surface area contributed by atoms with Gasteiger partial charge in [-0.1, -0.05) is 23.7 Å². The first kappa shape index (κ1) is 15.1. The highest BCUT2D eigenvalue weighted by Gasteiger charge is 2.63. The van der Waals surface area contributed by atoms with Gasteiger partial charge in [-0.15, -0.1) is 0 Å². The number of rotatable bonds is 3. The minimum atomic E-state index is -0.329. The van der Waals surface area contributed by atoms with Gasteiger partial charge in [-0.05, 0) is 30.5 Å². The molecule has 6 nitrogen and oxygen atoms in total. The van der Waals surface area contributed by atoms with Crippen molar-refractivity contribution in [2.45, 2.75) is 31.6 Å². The highest BCUT2D eigenvalue weighted by atomic mass is 35.5. The second kappa shape index (κ2) is 5.41. The van der Waals surface area contributed by atoms with Gasteiger partial charge in [0.2, 0.25) is 11.8 Å². The third kappa shape index (κ3) is 2.24. The Hall–Kier alpha value is -2.18. The largest absolute Gasteiger partial charge is 0.373 e. The SMILES string of the molecule is O=C1[C@@H]2[C@H](C(=O)N1c1ccn(Cc3cccc(Cl)c3)n1)[C@@H]1CC[C@@H]2O1. The number of hydrogen-bond donors (Lipinski definition) is 0. The molecule has 0 saturated carbocycles. The zero-order valence-electron chi connectivity index (χ0n) is 13.3. The molecule has 25 heavy (non-hydrogen) atoms. The summed E-state index contributed by atoms with van der Waals surface area (Å²) >= 11 is 6.01. The number of hydrogen-bond acceptors (Lipinski definition) is 4. The summed E-state index contributed by atoms with van der Waals surface area (Å²) < 4.78 is 7.46. The van der Waals surface area contributed by atoms with Gasteiger partial charge >= 0.3 is 0 Å². The van der Waals surface area contributed by atoms with E-state index in [1.807, 2.05) is 24.3 Å². The molecule has 3 aliphatic rings. The van der Waals surface area contributed by atoms with E-state index in [0.717, 1.165) is 18.4 Å². The number of fused-ring (bicyclic) bond motifs is 5. The van der Waals surface area contributed by atoms with Gasteiger partial charge < -0.3 is 4.74 Å². The number of amides is 2. The van der Waals surface area contributed by atoms with Crippen LogP contribution in [0.3, 0.4) is 0 Å². The molecule has 7 heteroatoms. The summed E-state index contributed by atoms with van der Waals surface area (Å²) in [6.45, 7) is 0.526. The Bertz CT molecular complexity index is 852. The highest BCUT2D eigenvalue weighted by molar-refractivity contribution is 6.30. The summed E-state index contributed by atoms with van der Waals surface area (Å²) in [6.07, 6.45) is 3.29. The first-order valence-electron chi connectivity index (χ1n) is 8.43. The number of carbonyl (C=O) groups is 2. The van der Waals surface area contributed by atoms with E-state index >= 15 is 0 Å². The van der Waals surface area contributed by atoms with Gasteiger partial charge in [-0.3, -0.25) is 14.3 Å². The molecule has 4 heterocycles. The van der Waals surface area contributed by atoms with Gasteiger partial charge in [0, 0.05) is 17.3 Å². The average Bonchev–Trinajstić information content (AvgIpc) is 3.33. The fourth-order valence-corrected chi connectivity index (χ4v) is 4.53. The third-order valence-corrected chi connectivity index (χ3v) is 5.61. The molecule has 2 aromatic rings. The van der Waals surface area contributed by atoms with Crippen molar-refractivity contribution in [1.82, 2.24) is 9.78 Å². The summed E-state index contributed by atoms with van der Waals surface area (Å²) in [7, 11) is 0. The van der Waals surface area contributed by atoms with Crippen LogP contribution in [-0.4, -0.2) is 33.8 Å². The highest BCUT2D eigenvalue weighted by Crippen LogP contribution is 2.49. The van der Waals surface area contributed by atoms with Crippen LogP contribution in [-0.2, 0) is 20.9 Å². The molecule has 0 unspecified atom stereocenters. The van der Waals surface area contributed by atoms with Crippen molar-refractivity contribution in [2.24, 2.45) is 11.8 Å². The van der Waals surface area contributed by atoms with Crippen LogP contribution in [0.4, 0.5) is 5.82 Å². The molecular formula is C18H16ClN3O3. The number of halogens is 1. The Morgan fingerprint density at radius 1 is 1.12 bits per heavy atom. The van der Waals surface area contributed by atoms with E-state index in [2.05, 4.69) is 5.10 Å². The quantitative estimate of drug-likeness (QED) is 0.790. The van der Waals surface area contributed by atoms with Crippen molar-refractivity contribution in [3.63, 3.8) is 0 Å². The lowest BCUT2D eigenvalue weighted by atomic mass is 9.81.